The minimum absolute atomic E-state index is 0.286. The summed E-state index contributed by atoms with van der Waals surface area (Å²) in [4.78, 5) is 24.5. The van der Waals surface area contributed by atoms with Crippen molar-refractivity contribution in [3.8, 4) is 6.07 Å². The van der Waals surface area contributed by atoms with E-state index in [4.69, 9.17) is 11.6 Å². The molecule has 116 valence electrons. The second kappa shape index (κ2) is 7.57. The highest BCUT2D eigenvalue weighted by Crippen LogP contribution is 2.25. The third-order valence-corrected chi connectivity index (χ3v) is 3.82. The number of carbonyl (C=O) groups excluding carboxylic acids is 2. The lowest BCUT2D eigenvalue weighted by Gasteiger charge is -2.12. The summed E-state index contributed by atoms with van der Waals surface area (Å²) in [5, 5.41) is 12.1. The maximum absolute atomic E-state index is 12.3. The summed E-state index contributed by atoms with van der Waals surface area (Å²) < 4.78 is 0. The molecule has 0 saturated carbocycles. The average molecular weight is 327 g/mol. The largest absolute Gasteiger partial charge is 0.319 e. The van der Waals surface area contributed by atoms with Gasteiger partial charge in [-0.1, -0.05) is 54.9 Å². The number of hydrogen-bond donors (Lipinski definition) is 1. The number of Topliss-reactive ketones (excluding diaryl/α,β-unsaturated/α-hetero) is 1. The van der Waals surface area contributed by atoms with E-state index in [2.05, 4.69) is 5.32 Å². The first kappa shape index (κ1) is 16.7. The molecule has 23 heavy (non-hydrogen) atoms. The number of benzene rings is 2. The van der Waals surface area contributed by atoms with Gasteiger partial charge in [-0.2, -0.15) is 5.26 Å². The fourth-order valence-electron chi connectivity index (χ4n) is 2.24. The maximum atomic E-state index is 12.3. The first-order chi connectivity index (χ1) is 11.1. The molecular weight excluding hydrogens is 312 g/mol. The third-order valence-electron chi connectivity index (χ3n) is 3.48. The Hall–Kier alpha value is -2.64. The van der Waals surface area contributed by atoms with Crippen molar-refractivity contribution < 1.29 is 9.59 Å². The van der Waals surface area contributed by atoms with Crippen LogP contribution >= 0.6 is 11.6 Å². The lowest BCUT2D eigenvalue weighted by Crippen LogP contribution is -2.28. The average Bonchev–Trinajstić information content (AvgIpc) is 2.57. The van der Waals surface area contributed by atoms with Crippen molar-refractivity contribution >= 4 is 29.0 Å². The number of amides is 1. The van der Waals surface area contributed by atoms with Gasteiger partial charge in [0.1, 0.15) is 5.92 Å². The number of nitriles is 1. The van der Waals surface area contributed by atoms with Crippen LogP contribution in [0.15, 0.2) is 48.5 Å². The number of hydrogen-bond acceptors (Lipinski definition) is 3. The molecule has 0 fully saturated rings. The van der Waals surface area contributed by atoms with Gasteiger partial charge in [-0.3, -0.25) is 9.59 Å². The van der Waals surface area contributed by atoms with Crippen LogP contribution in [0.2, 0.25) is 5.02 Å². The van der Waals surface area contributed by atoms with Gasteiger partial charge in [0, 0.05) is 10.7 Å². The number of rotatable bonds is 5. The number of anilines is 1. The van der Waals surface area contributed by atoms with Gasteiger partial charge >= 0.3 is 0 Å². The van der Waals surface area contributed by atoms with Crippen molar-refractivity contribution in [2.45, 2.75) is 19.3 Å². The summed E-state index contributed by atoms with van der Waals surface area (Å²) in [5.41, 5.74) is 1.82. The van der Waals surface area contributed by atoms with E-state index in [1.165, 1.54) is 0 Å². The van der Waals surface area contributed by atoms with E-state index in [0.717, 1.165) is 12.0 Å². The lowest BCUT2D eigenvalue weighted by atomic mass is 9.95. The van der Waals surface area contributed by atoms with Crippen LogP contribution < -0.4 is 5.32 Å². The Morgan fingerprint density at radius 3 is 2.48 bits per heavy atom. The van der Waals surface area contributed by atoms with Crippen LogP contribution in [0.25, 0.3) is 0 Å². The Kier molecular flexibility index (Phi) is 5.51. The molecule has 0 radical (unpaired) electrons. The van der Waals surface area contributed by atoms with Crippen molar-refractivity contribution in [2.24, 2.45) is 0 Å². The zero-order valence-electron chi connectivity index (χ0n) is 12.5. The Morgan fingerprint density at radius 2 is 1.83 bits per heavy atom. The van der Waals surface area contributed by atoms with Crippen molar-refractivity contribution in [3.05, 3.63) is 64.7 Å². The van der Waals surface area contributed by atoms with Crippen molar-refractivity contribution in [1.82, 2.24) is 0 Å². The zero-order chi connectivity index (χ0) is 16.8. The summed E-state index contributed by atoms with van der Waals surface area (Å²) in [5.74, 6) is -2.87. The summed E-state index contributed by atoms with van der Waals surface area (Å²) in [6.07, 6.45) is 0.719. The van der Waals surface area contributed by atoms with Crippen LogP contribution in [0.3, 0.4) is 0 Å². The summed E-state index contributed by atoms with van der Waals surface area (Å²) in [7, 11) is 0. The van der Waals surface area contributed by atoms with Crippen molar-refractivity contribution in [2.75, 3.05) is 5.32 Å². The molecule has 0 saturated heterocycles. The predicted octanol–water partition coefficient (Wildman–Crippen LogP) is 3.72. The van der Waals surface area contributed by atoms with Gasteiger partial charge in [-0.05, 0) is 29.7 Å². The molecule has 5 heteroatoms. The smallest absolute Gasteiger partial charge is 0.293 e. The van der Waals surface area contributed by atoms with E-state index < -0.39 is 17.6 Å². The molecule has 2 aromatic carbocycles. The molecule has 0 aliphatic rings. The highest BCUT2D eigenvalue weighted by Gasteiger charge is 2.28. The molecular formula is C18H15ClN2O2. The summed E-state index contributed by atoms with van der Waals surface area (Å²) >= 11 is 6.02. The molecule has 0 unspecified atom stereocenters. The normalized spacial score (nSPS) is 11.3. The van der Waals surface area contributed by atoms with Gasteiger partial charge < -0.3 is 5.32 Å². The fourth-order valence-corrected chi connectivity index (χ4v) is 2.49. The van der Waals surface area contributed by atoms with Gasteiger partial charge in [-0.25, -0.2) is 0 Å². The highest BCUT2D eigenvalue weighted by atomic mass is 35.5. The quantitative estimate of drug-likeness (QED) is 0.851. The molecule has 1 amide bonds. The zero-order valence-corrected chi connectivity index (χ0v) is 13.3. The molecule has 1 atom stereocenters. The minimum Gasteiger partial charge on any atom is -0.319 e. The van der Waals surface area contributed by atoms with E-state index in [9.17, 15) is 14.9 Å². The molecule has 2 rings (SSSR count). The first-order valence-corrected chi connectivity index (χ1v) is 7.53. The predicted molar refractivity (Wildman–Crippen MR) is 89.3 cm³/mol. The number of carbonyl (C=O) groups is 2. The van der Waals surface area contributed by atoms with Crippen LogP contribution in [-0.2, 0) is 16.0 Å². The molecule has 0 spiro atoms. The second-order valence-electron chi connectivity index (χ2n) is 4.91. The third kappa shape index (κ3) is 3.77. The van der Waals surface area contributed by atoms with Crippen molar-refractivity contribution in [1.29, 1.82) is 5.26 Å². The van der Waals surface area contributed by atoms with E-state index in [-0.39, 0.29) is 5.02 Å². The molecule has 4 nitrogen and oxygen atoms in total. The first-order valence-electron chi connectivity index (χ1n) is 7.15. The van der Waals surface area contributed by atoms with Gasteiger partial charge in [-0.15, -0.1) is 0 Å². The van der Waals surface area contributed by atoms with Crippen LogP contribution in [0.5, 0.6) is 0 Å². The van der Waals surface area contributed by atoms with E-state index >= 15 is 0 Å². The number of halogens is 1. The van der Waals surface area contributed by atoms with Gasteiger partial charge in [0.05, 0.1) is 6.07 Å². The Bertz CT molecular complexity index is 781. The summed E-state index contributed by atoms with van der Waals surface area (Å²) in [6.45, 7) is 1.95. The van der Waals surface area contributed by atoms with Crippen LogP contribution in [0.4, 0.5) is 5.69 Å². The minimum atomic E-state index is -1.22. The summed E-state index contributed by atoms with van der Waals surface area (Å²) in [6, 6.07) is 15.6. The number of nitrogens with one attached hydrogen (secondary N) is 1. The topological polar surface area (TPSA) is 70.0 Å². The second-order valence-corrected chi connectivity index (χ2v) is 5.32. The number of nitrogens with zero attached hydrogens (tertiary/aromatic N) is 1. The molecule has 0 aliphatic heterocycles. The highest BCUT2D eigenvalue weighted by molar-refractivity contribution is 6.43. The molecule has 0 heterocycles. The van der Waals surface area contributed by atoms with Gasteiger partial charge in [0.25, 0.3) is 5.91 Å². The van der Waals surface area contributed by atoms with Gasteiger partial charge in [0.2, 0.25) is 5.78 Å². The molecule has 2 aromatic rings. The molecule has 0 aliphatic carbocycles. The maximum Gasteiger partial charge on any atom is 0.293 e. The SMILES string of the molecule is CCc1ccccc1NC(=O)C(=O)[C@H](C#N)c1ccccc1Cl. The molecule has 1 N–H and O–H groups in total. The van der Waals surface area contributed by atoms with Crippen LogP contribution in [0.1, 0.15) is 24.0 Å². The number of ketones is 1. The lowest BCUT2D eigenvalue weighted by molar-refractivity contribution is -0.135. The Morgan fingerprint density at radius 1 is 1.17 bits per heavy atom. The monoisotopic (exact) mass is 326 g/mol. The van der Waals surface area contributed by atoms with Crippen LogP contribution in [0, 0.1) is 11.3 Å². The standard InChI is InChI=1S/C18H15ClN2O2/c1-2-12-7-3-6-10-16(12)21-18(23)17(22)14(11-20)13-8-4-5-9-15(13)19/h3-10,14H,2H2,1H3,(H,21,23)/t14-/m1/s1. The Balaban J connectivity index is 2.23. The molecule has 0 aromatic heterocycles. The van der Waals surface area contributed by atoms with E-state index in [0.29, 0.717) is 11.3 Å². The number of aryl methyl sites for hydroxylation is 1. The van der Waals surface area contributed by atoms with Crippen molar-refractivity contribution in [3.63, 3.8) is 0 Å². The van der Waals surface area contributed by atoms with E-state index in [1.807, 2.05) is 25.1 Å². The van der Waals surface area contributed by atoms with E-state index in [1.54, 1.807) is 36.4 Å². The number of para-hydroxylation sites is 1. The van der Waals surface area contributed by atoms with Gasteiger partial charge in [0.15, 0.2) is 0 Å². The van der Waals surface area contributed by atoms with Crippen LogP contribution in [-0.4, -0.2) is 11.7 Å². The fraction of sp³-hybridized carbons (Fsp3) is 0.167. The Labute approximate surface area is 139 Å². The molecule has 0 bridgehead atoms.